The number of aromatic nitrogens is 2. The molecule has 0 spiro atoms. The van der Waals surface area contributed by atoms with Crippen molar-refractivity contribution in [3.05, 3.63) is 30.9 Å². The predicted molar refractivity (Wildman–Crippen MR) is 114 cm³/mol. The number of hydrogen-bond donors (Lipinski definition) is 0. The van der Waals surface area contributed by atoms with Gasteiger partial charge in [-0.3, -0.25) is 0 Å². The summed E-state index contributed by atoms with van der Waals surface area (Å²) in [6.45, 7) is 10.2. The normalized spacial score (nSPS) is 12.0. The van der Waals surface area contributed by atoms with Crippen molar-refractivity contribution in [1.82, 2.24) is 4.57 Å². The zero-order valence-electron chi connectivity index (χ0n) is 20.4. The Labute approximate surface area is 205 Å². The highest BCUT2D eigenvalue weighted by Gasteiger charge is 2.73. The van der Waals surface area contributed by atoms with Crippen molar-refractivity contribution < 1.29 is 54.7 Å². The molecule has 0 aromatic carbocycles. The molecule has 1 heterocycles. The van der Waals surface area contributed by atoms with Crippen molar-refractivity contribution >= 4 is 11.9 Å². The van der Waals surface area contributed by atoms with E-state index in [-0.39, 0.29) is 5.97 Å². The summed E-state index contributed by atoms with van der Waals surface area (Å²) in [5.74, 6) is -17.0. The predicted octanol–water partition coefficient (Wildman–Crippen LogP) is 4.60. The second-order valence-corrected chi connectivity index (χ2v) is 8.21. The molecule has 0 aliphatic carbocycles. The summed E-state index contributed by atoms with van der Waals surface area (Å²) in [6.07, 6.45) is 9.44. The Balaban J connectivity index is 0.000000802. The number of ether oxygens (including phenoxy) is 1. The molecule has 208 valence electrons. The third-order valence-electron chi connectivity index (χ3n) is 4.92. The third-order valence-corrected chi connectivity index (χ3v) is 4.92. The number of carboxylic acids is 1. The summed E-state index contributed by atoms with van der Waals surface area (Å²) >= 11 is 0. The van der Waals surface area contributed by atoms with Gasteiger partial charge in [0, 0.05) is 5.57 Å². The number of halogens is 7. The van der Waals surface area contributed by atoms with Gasteiger partial charge in [-0.05, 0) is 32.6 Å². The maximum absolute atomic E-state index is 11.7. The number of hydrogen-bond acceptors (Lipinski definition) is 4. The average Bonchev–Trinajstić information content (AvgIpc) is 3.23. The molecule has 0 aliphatic rings. The summed E-state index contributed by atoms with van der Waals surface area (Å²) in [5, 5.41) is 9.27. The minimum atomic E-state index is -6.64. The first kappa shape index (κ1) is 33.4. The van der Waals surface area contributed by atoms with Gasteiger partial charge in [0.1, 0.15) is 18.4 Å². The van der Waals surface area contributed by atoms with Gasteiger partial charge in [0.2, 0.25) is 6.33 Å². The van der Waals surface area contributed by atoms with Crippen LogP contribution < -0.4 is 9.67 Å². The van der Waals surface area contributed by atoms with Crippen LogP contribution in [0.5, 0.6) is 0 Å². The van der Waals surface area contributed by atoms with Crippen LogP contribution in [0.3, 0.4) is 0 Å². The van der Waals surface area contributed by atoms with Crippen molar-refractivity contribution in [3.63, 3.8) is 0 Å². The molecule has 36 heavy (non-hydrogen) atoms. The summed E-state index contributed by atoms with van der Waals surface area (Å²) in [6, 6.07) is 0. The molecule has 1 aromatic rings. The van der Waals surface area contributed by atoms with Crippen LogP contribution in [-0.4, -0.2) is 41.1 Å². The molecule has 1 aromatic heterocycles. The van der Waals surface area contributed by atoms with Crippen LogP contribution >= 0.6 is 0 Å². The third kappa shape index (κ3) is 11.4. The maximum atomic E-state index is 11.7. The minimum Gasteiger partial charge on any atom is -0.544 e. The SMILES string of the molecule is C=C(C)C(=O)OCCCCCCCC[n+]1ccn(CCCC)c1.O=C([O-])C(F)(F)C(F)(F)C(F)(F)F. The summed E-state index contributed by atoms with van der Waals surface area (Å²) in [7, 11) is 0. The topological polar surface area (TPSA) is 75.2 Å². The molecule has 0 aliphatic heterocycles. The van der Waals surface area contributed by atoms with E-state index in [2.05, 4.69) is 41.4 Å². The van der Waals surface area contributed by atoms with Crippen LogP contribution in [0, 0.1) is 0 Å². The number of esters is 1. The van der Waals surface area contributed by atoms with E-state index >= 15 is 0 Å². The molecule has 0 amide bonds. The smallest absolute Gasteiger partial charge is 0.460 e. The highest BCUT2D eigenvalue weighted by Crippen LogP contribution is 2.46. The van der Waals surface area contributed by atoms with E-state index < -0.39 is 24.0 Å². The summed E-state index contributed by atoms with van der Waals surface area (Å²) in [5.41, 5.74) is 0.478. The maximum Gasteiger partial charge on any atom is 0.460 e. The number of imidazole rings is 1. The minimum absolute atomic E-state index is 0.270. The first-order chi connectivity index (χ1) is 16.6. The number of carboxylic acid groups (broad SMARTS) is 1. The monoisotopic (exact) mass is 534 g/mol. The second-order valence-electron chi connectivity index (χ2n) is 8.21. The van der Waals surface area contributed by atoms with Crippen molar-refractivity contribution in [1.29, 1.82) is 0 Å². The van der Waals surface area contributed by atoms with Gasteiger partial charge in [-0.2, -0.15) is 30.7 Å². The molecular weight excluding hydrogens is 501 g/mol. The van der Waals surface area contributed by atoms with Crippen molar-refractivity contribution in [2.75, 3.05) is 6.61 Å². The Morgan fingerprint density at radius 1 is 0.972 bits per heavy atom. The van der Waals surface area contributed by atoms with Gasteiger partial charge in [0.05, 0.1) is 19.7 Å². The molecule has 6 nitrogen and oxygen atoms in total. The van der Waals surface area contributed by atoms with Crippen molar-refractivity contribution in [2.45, 2.75) is 96.3 Å². The molecule has 0 unspecified atom stereocenters. The second kappa shape index (κ2) is 15.5. The van der Waals surface area contributed by atoms with Crippen molar-refractivity contribution in [3.8, 4) is 0 Å². The molecule has 0 saturated heterocycles. The van der Waals surface area contributed by atoms with Gasteiger partial charge in [-0.1, -0.05) is 39.2 Å². The number of aryl methyl sites for hydroxylation is 2. The quantitative estimate of drug-likeness (QED) is 0.108. The molecule has 0 N–H and O–H groups in total. The van der Waals surface area contributed by atoms with E-state index in [4.69, 9.17) is 4.74 Å². The Morgan fingerprint density at radius 3 is 2.00 bits per heavy atom. The number of nitrogens with zero attached hydrogens (tertiary/aromatic N) is 2. The highest BCUT2D eigenvalue weighted by molar-refractivity contribution is 5.86. The first-order valence-corrected chi connectivity index (χ1v) is 11.5. The van der Waals surface area contributed by atoms with Crippen LogP contribution in [-0.2, 0) is 27.4 Å². The van der Waals surface area contributed by atoms with E-state index in [1.165, 1.54) is 38.5 Å². The number of rotatable bonds is 15. The van der Waals surface area contributed by atoms with Crippen LogP contribution in [0.2, 0.25) is 0 Å². The fourth-order valence-electron chi connectivity index (χ4n) is 2.74. The number of carbonyl (C=O) groups excluding carboxylic acids is 2. The fourth-order valence-corrected chi connectivity index (χ4v) is 2.74. The average molecular weight is 535 g/mol. The summed E-state index contributed by atoms with van der Waals surface area (Å²) in [4.78, 5) is 20.5. The van der Waals surface area contributed by atoms with Crippen LogP contribution in [0.15, 0.2) is 30.9 Å². The molecule has 0 saturated carbocycles. The zero-order chi connectivity index (χ0) is 28.0. The number of unbranched alkanes of at least 4 members (excludes halogenated alkanes) is 6. The van der Waals surface area contributed by atoms with E-state index in [1.54, 1.807) is 6.92 Å². The van der Waals surface area contributed by atoms with Crippen molar-refractivity contribution in [2.24, 2.45) is 0 Å². The molecule has 13 heteroatoms. The van der Waals surface area contributed by atoms with Crippen LogP contribution in [0.25, 0.3) is 0 Å². The van der Waals surface area contributed by atoms with Crippen LogP contribution in [0.1, 0.15) is 65.2 Å². The van der Waals surface area contributed by atoms with E-state index in [1.807, 2.05) is 0 Å². The van der Waals surface area contributed by atoms with Gasteiger partial charge < -0.3 is 14.6 Å². The standard InChI is InChI=1S/C19H33N2O2.C4HF7O2/c1-4-5-12-20-14-15-21(17-20)13-10-8-6-7-9-11-16-23-19(22)18(2)3;5-2(6,1(12)13)3(7,8)4(9,10)11/h14-15,17H,2,4-13,16H2,1,3H3;(H,12,13)/q+1;/p-1. The summed E-state index contributed by atoms with van der Waals surface area (Å²) < 4.78 is 89.8. The lowest BCUT2D eigenvalue weighted by atomic mass is 10.1. The highest BCUT2D eigenvalue weighted by atomic mass is 19.4. The number of alkyl halides is 7. The lowest BCUT2D eigenvalue weighted by molar-refractivity contribution is -0.696. The van der Waals surface area contributed by atoms with Gasteiger partial charge in [-0.25, -0.2) is 13.9 Å². The van der Waals surface area contributed by atoms with E-state index in [0.29, 0.717) is 12.2 Å². The van der Waals surface area contributed by atoms with Gasteiger partial charge >= 0.3 is 24.0 Å². The lowest BCUT2D eigenvalue weighted by Gasteiger charge is -2.28. The van der Waals surface area contributed by atoms with E-state index in [0.717, 1.165) is 25.9 Å². The Kier molecular flexibility index (Phi) is 14.4. The Morgan fingerprint density at radius 2 is 1.53 bits per heavy atom. The largest absolute Gasteiger partial charge is 0.544 e. The van der Waals surface area contributed by atoms with Gasteiger partial charge in [0.15, 0.2) is 0 Å². The van der Waals surface area contributed by atoms with Gasteiger partial charge in [-0.15, -0.1) is 0 Å². The molecule has 0 radical (unpaired) electrons. The fraction of sp³-hybridized carbons (Fsp3) is 0.696. The lowest BCUT2D eigenvalue weighted by Crippen LogP contribution is -2.60. The zero-order valence-corrected chi connectivity index (χ0v) is 20.4. The number of aliphatic carboxylic acids is 1. The van der Waals surface area contributed by atoms with Crippen LogP contribution in [0.4, 0.5) is 30.7 Å². The Bertz CT molecular complexity index is 824. The Hall–Kier alpha value is -2.60. The first-order valence-electron chi connectivity index (χ1n) is 11.5. The van der Waals surface area contributed by atoms with E-state index in [9.17, 15) is 45.4 Å². The van der Waals surface area contributed by atoms with Gasteiger partial charge in [0.25, 0.3) is 0 Å². The molecule has 0 atom stereocenters. The number of carbonyl (C=O) groups is 2. The molecule has 1 rings (SSSR count). The molecule has 0 bridgehead atoms. The molecular formula is C23H33F7N2O4. The molecule has 0 fully saturated rings.